The fourth-order valence-corrected chi connectivity index (χ4v) is 3.97. The van der Waals surface area contributed by atoms with Gasteiger partial charge in [0.15, 0.2) is 11.2 Å². The molecule has 0 radical (unpaired) electrons. The zero-order valence-corrected chi connectivity index (χ0v) is 17.7. The third-order valence-electron chi connectivity index (χ3n) is 5.74. The zero-order valence-electron chi connectivity index (χ0n) is 17.7. The number of hydrogen-bond donors (Lipinski definition) is 0. The van der Waals surface area contributed by atoms with Crippen molar-refractivity contribution in [1.82, 2.24) is 18.7 Å². The molecule has 2 aromatic heterocycles. The Morgan fingerprint density at radius 2 is 1.69 bits per heavy atom. The Labute approximate surface area is 182 Å². The van der Waals surface area contributed by atoms with Crippen molar-refractivity contribution in [1.29, 1.82) is 0 Å². The third-order valence-corrected chi connectivity index (χ3v) is 5.74. The first-order valence-corrected chi connectivity index (χ1v) is 10.2. The molecule has 4 aromatic rings. The predicted octanol–water partition coefficient (Wildman–Crippen LogP) is 2.04. The van der Waals surface area contributed by atoms with Gasteiger partial charge in [-0.05, 0) is 29.7 Å². The Kier molecular flexibility index (Phi) is 4.73. The molecule has 1 aliphatic rings. The monoisotopic (exact) mass is 432 g/mol. The summed E-state index contributed by atoms with van der Waals surface area (Å²) >= 11 is 0. The van der Waals surface area contributed by atoms with E-state index in [-0.39, 0.29) is 12.4 Å². The van der Waals surface area contributed by atoms with Crippen LogP contribution in [0.2, 0.25) is 0 Å². The highest BCUT2D eigenvalue weighted by Gasteiger charge is 2.27. The van der Waals surface area contributed by atoms with Crippen LogP contribution in [0.3, 0.4) is 0 Å². The Bertz CT molecular complexity index is 1470. The Balaban J connectivity index is 1.66. The van der Waals surface area contributed by atoms with Gasteiger partial charge in [-0.2, -0.15) is 10.1 Å². The molecular weight excluding hydrogens is 411 g/mol. The van der Waals surface area contributed by atoms with Gasteiger partial charge in [0, 0.05) is 20.6 Å². The van der Waals surface area contributed by atoms with Crippen LogP contribution in [0.1, 0.15) is 11.1 Å². The number of anilines is 1. The topological polar surface area (TPSA) is 77.4 Å². The molecule has 9 heteroatoms. The van der Waals surface area contributed by atoms with Gasteiger partial charge in [-0.1, -0.05) is 42.5 Å². The van der Waals surface area contributed by atoms with Gasteiger partial charge in [0.25, 0.3) is 5.56 Å². The SMILES string of the molecule is Cn1c(=O)c2c(nc3n2CC(c2ccc(F)cc2)=NN3CCc2ccccc2)n(C)c1=O. The molecule has 0 saturated carbocycles. The van der Waals surface area contributed by atoms with Crippen molar-refractivity contribution in [2.45, 2.75) is 13.0 Å². The highest BCUT2D eigenvalue weighted by molar-refractivity contribution is 6.02. The maximum Gasteiger partial charge on any atom is 0.332 e. The van der Waals surface area contributed by atoms with Crippen molar-refractivity contribution in [2.75, 3.05) is 11.6 Å². The van der Waals surface area contributed by atoms with Crippen molar-refractivity contribution >= 4 is 22.8 Å². The number of hydrogen-bond acceptors (Lipinski definition) is 5. The average molecular weight is 432 g/mol. The number of nitrogens with zero attached hydrogens (tertiary/aromatic N) is 6. The van der Waals surface area contributed by atoms with Gasteiger partial charge in [0.1, 0.15) is 5.82 Å². The van der Waals surface area contributed by atoms with Crippen LogP contribution in [0.15, 0.2) is 69.3 Å². The third kappa shape index (κ3) is 3.22. The summed E-state index contributed by atoms with van der Waals surface area (Å²) in [4.78, 5) is 30.0. The van der Waals surface area contributed by atoms with Crippen LogP contribution in [0.4, 0.5) is 10.3 Å². The van der Waals surface area contributed by atoms with Gasteiger partial charge in [0.05, 0.1) is 12.3 Å². The lowest BCUT2D eigenvalue weighted by molar-refractivity contribution is 0.627. The standard InChI is InChI=1S/C23H21FN6O2/c1-27-20-19(21(31)28(2)23(27)32)29-14-18(16-8-10-17(24)11-9-16)26-30(22(29)25-20)13-12-15-6-4-3-5-7-15/h3-11H,12-14H2,1-2H3. The fourth-order valence-electron chi connectivity index (χ4n) is 3.97. The van der Waals surface area contributed by atoms with Crippen molar-refractivity contribution in [3.8, 4) is 0 Å². The minimum atomic E-state index is -0.437. The van der Waals surface area contributed by atoms with E-state index in [1.807, 2.05) is 30.3 Å². The highest BCUT2D eigenvalue weighted by Crippen LogP contribution is 2.25. The quantitative estimate of drug-likeness (QED) is 0.495. The van der Waals surface area contributed by atoms with E-state index in [1.165, 1.54) is 23.7 Å². The Hall–Kier alpha value is -4.01. The minimum Gasteiger partial charge on any atom is -0.297 e. The normalized spacial score (nSPS) is 13.3. The van der Waals surface area contributed by atoms with Crippen molar-refractivity contribution < 1.29 is 4.39 Å². The molecule has 0 N–H and O–H groups in total. The van der Waals surface area contributed by atoms with E-state index in [4.69, 9.17) is 5.10 Å². The molecule has 0 bridgehead atoms. The molecule has 0 unspecified atom stereocenters. The summed E-state index contributed by atoms with van der Waals surface area (Å²) in [6.45, 7) is 0.805. The lowest BCUT2D eigenvalue weighted by Gasteiger charge is -2.26. The van der Waals surface area contributed by atoms with Gasteiger partial charge < -0.3 is 0 Å². The molecule has 3 heterocycles. The van der Waals surface area contributed by atoms with Crippen molar-refractivity contribution in [2.24, 2.45) is 19.2 Å². The summed E-state index contributed by atoms with van der Waals surface area (Å²) in [5.74, 6) is 0.170. The van der Waals surface area contributed by atoms with Gasteiger partial charge >= 0.3 is 5.69 Å². The number of hydrazone groups is 1. The summed E-state index contributed by atoms with van der Waals surface area (Å²) in [5, 5.41) is 6.53. The summed E-state index contributed by atoms with van der Waals surface area (Å²) in [6.07, 6.45) is 0.710. The lowest BCUT2D eigenvalue weighted by Crippen LogP contribution is -2.38. The summed E-state index contributed by atoms with van der Waals surface area (Å²) in [5.41, 5.74) is 2.38. The molecule has 2 aromatic carbocycles. The molecular formula is C23H21FN6O2. The molecule has 0 saturated heterocycles. The first kappa shape index (κ1) is 19.9. The second kappa shape index (κ2) is 7.60. The maximum absolute atomic E-state index is 13.5. The predicted molar refractivity (Wildman–Crippen MR) is 121 cm³/mol. The van der Waals surface area contributed by atoms with Crippen LogP contribution in [0, 0.1) is 5.82 Å². The molecule has 5 rings (SSSR count). The Morgan fingerprint density at radius 1 is 0.969 bits per heavy atom. The fraction of sp³-hybridized carbons (Fsp3) is 0.217. The van der Waals surface area contributed by atoms with E-state index < -0.39 is 11.2 Å². The minimum absolute atomic E-state index is 0.284. The van der Waals surface area contributed by atoms with Crippen LogP contribution in [0.5, 0.6) is 0 Å². The van der Waals surface area contributed by atoms with Crippen LogP contribution in [0.25, 0.3) is 11.2 Å². The second-order valence-corrected chi connectivity index (χ2v) is 7.79. The number of fused-ring (bicyclic) bond motifs is 3. The van der Waals surface area contributed by atoms with Gasteiger partial charge in [0.2, 0.25) is 5.95 Å². The molecule has 8 nitrogen and oxygen atoms in total. The summed E-state index contributed by atoms with van der Waals surface area (Å²) in [6, 6.07) is 16.1. The van der Waals surface area contributed by atoms with Gasteiger partial charge in [-0.15, -0.1) is 0 Å². The number of rotatable bonds is 4. The molecule has 0 amide bonds. The Morgan fingerprint density at radius 3 is 2.41 bits per heavy atom. The smallest absolute Gasteiger partial charge is 0.297 e. The summed E-state index contributed by atoms with van der Waals surface area (Å²) in [7, 11) is 3.05. The van der Waals surface area contributed by atoms with Crippen LogP contribution >= 0.6 is 0 Å². The number of aryl methyl sites for hydroxylation is 1. The molecule has 0 fully saturated rings. The van der Waals surface area contributed by atoms with Crippen molar-refractivity contribution in [3.63, 3.8) is 0 Å². The molecule has 1 aliphatic heterocycles. The van der Waals surface area contributed by atoms with Crippen LogP contribution < -0.4 is 16.3 Å². The molecule has 162 valence electrons. The van der Waals surface area contributed by atoms with Gasteiger partial charge in [-0.25, -0.2) is 14.2 Å². The van der Waals surface area contributed by atoms with E-state index in [0.717, 1.165) is 15.7 Å². The maximum atomic E-state index is 13.5. The van der Waals surface area contributed by atoms with E-state index in [2.05, 4.69) is 4.98 Å². The van der Waals surface area contributed by atoms with Crippen LogP contribution in [-0.2, 0) is 27.1 Å². The van der Waals surface area contributed by atoms with E-state index in [1.54, 1.807) is 28.8 Å². The second-order valence-electron chi connectivity index (χ2n) is 7.79. The number of imidazole rings is 1. The molecule has 32 heavy (non-hydrogen) atoms. The van der Waals surface area contributed by atoms with E-state index >= 15 is 0 Å². The zero-order chi connectivity index (χ0) is 22.4. The first-order chi connectivity index (χ1) is 15.4. The van der Waals surface area contributed by atoms with Gasteiger partial charge in [-0.3, -0.25) is 18.5 Å². The molecule has 0 aliphatic carbocycles. The van der Waals surface area contributed by atoms with Crippen molar-refractivity contribution in [3.05, 3.63) is 92.4 Å². The lowest BCUT2D eigenvalue weighted by atomic mass is 10.1. The number of aromatic nitrogens is 4. The van der Waals surface area contributed by atoms with E-state index in [9.17, 15) is 14.0 Å². The first-order valence-electron chi connectivity index (χ1n) is 10.2. The molecule has 0 spiro atoms. The number of halogens is 1. The average Bonchev–Trinajstić information content (AvgIpc) is 3.21. The highest BCUT2D eigenvalue weighted by atomic mass is 19.1. The van der Waals surface area contributed by atoms with E-state index in [0.29, 0.717) is 35.8 Å². The molecule has 0 atom stereocenters. The largest absolute Gasteiger partial charge is 0.332 e. The summed E-state index contributed by atoms with van der Waals surface area (Å²) < 4.78 is 17.7. The number of benzene rings is 2. The van der Waals surface area contributed by atoms with Crippen LogP contribution in [-0.4, -0.2) is 30.9 Å².